The van der Waals surface area contributed by atoms with Gasteiger partial charge in [-0.05, 0) is 32.1 Å². The number of likely N-dealkylation sites (tertiary alicyclic amines) is 1. The minimum atomic E-state index is 0.190. The highest BCUT2D eigenvalue weighted by molar-refractivity contribution is 5.76. The SMILES string of the molecule is N[C@@H]1CCN(C(=O)CCC2CCCCO2)C1. The number of rotatable bonds is 3. The van der Waals surface area contributed by atoms with E-state index >= 15 is 0 Å². The van der Waals surface area contributed by atoms with Crippen molar-refractivity contribution in [2.75, 3.05) is 19.7 Å². The minimum absolute atomic E-state index is 0.190. The van der Waals surface area contributed by atoms with E-state index in [2.05, 4.69) is 0 Å². The molecule has 0 aromatic rings. The van der Waals surface area contributed by atoms with Gasteiger partial charge in [-0.3, -0.25) is 4.79 Å². The molecular formula is C12H22N2O2. The van der Waals surface area contributed by atoms with Crippen LogP contribution in [0.5, 0.6) is 0 Å². The van der Waals surface area contributed by atoms with E-state index in [1.54, 1.807) is 0 Å². The van der Waals surface area contributed by atoms with Crippen molar-refractivity contribution in [1.29, 1.82) is 0 Å². The second-order valence-corrected chi connectivity index (χ2v) is 4.92. The zero-order chi connectivity index (χ0) is 11.4. The van der Waals surface area contributed by atoms with Gasteiger partial charge in [-0.15, -0.1) is 0 Å². The van der Waals surface area contributed by atoms with Gasteiger partial charge in [0.05, 0.1) is 6.10 Å². The molecular weight excluding hydrogens is 204 g/mol. The van der Waals surface area contributed by atoms with E-state index in [9.17, 15) is 4.79 Å². The number of amides is 1. The van der Waals surface area contributed by atoms with Crippen molar-refractivity contribution < 1.29 is 9.53 Å². The lowest BCUT2D eigenvalue weighted by Crippen LogP contribution is -2.32. The van der Waals surface area contributed by atoms with E-state index in [0.29, 0.717) is 12.5 Å². The smallest absolute Gasteiger partial charge is 0.222 e. The molecule has 0 radical (unpaired) electrons. The Morgan fingerprint density at radius 1 is 1.38 bits per heavy atom. The highest BCUT2D eigenvalue weighted by Gasteiger charge is 2.24. The van der Waals surface area contributed by atoms with Crippen molar-refractivity contribution in [3.8, 4) is 0 Å². The van der Waals surface area contributed by atoms with Gasteiger partial charge < -0.3 is 15.4 Å². The summed E-state index contributed by atoms with van der Waals surface area (Å²) in [5, 5.41) is 0. The molecule has 4 heteroatoms. The van der Waals surface area contributed by atoms with Gasteiger partial charge in [0, 0.05) is 32.2 Å². The molecule has 4 nitrogen and oxygen atoms in total. The van der Waals surface area contributed by atoms with Gasteiger partial charge in [0.15, 0.2) is 0 Å². The molecule has 0 aliphatic carbocycles. The molecule has 1 unspecified atom stereocenters. The monoisotopic (exact) mass is 226 g/mol. The molecule has 16 heavy (non-hydrogen) atoms. The number of hydrogen-bond donors (Lipinski definition) is 1. The van der Waals surface area contributed by atoms with Crippen LogP contribution < -0.4 is 5.73 Å². The molecule has 0 aromatic carbocycles. The van der Waals surface area contributed by atoms with Crippen LogP contribution in [0.15, 0.2) is 0 Å². The predicted molar refractivity (Wildman–Crippen MR) is 62.0 cm³/mol. The average Bonchev–Trinajstić information content (AvgIpc) is 2.74. The molecule has 1 amide bonds. The van der Waals surface area contributed by atoms with Crippen LogP contribution in [0, 0.1) is 0 Å². The van der Waals surface area contributed by atoms with Crippen molar-refractivity contribution in [3.63, 3.8) is 0 Å². The van der Waals surface area contributed by atoms with E-state index in [0.717, 1.165) is 39.0 Å². The summed E-state index contributed by atoms with van der Waals surface area (Å²) in [6, 6.07) is 0.190. The van der Waals surface area contributed by atoms with Gasteiger partial charge in [-0.25, -0.2) is 0 Å². The lowest BCUT2D eigenvalue weighted by atomic mass is 10.0. The Morgan fingerprint density at radius 3 is 2.88 bits per heavy atom. The molecule has 2 rings (SSSR count). The van der Waals surface area contributed by atoms with E-state index in [4.69, 9.17) is 10.5 Å². The van der Waals surface area contributed by atoms with Crippen molar-refractivity contribution in [3.05, 3.63) is 0 Å². The Morgan fingerprint density at radius 2 is 2.25 bits per heavy atom. The summed E-state index contributed by atoms with van der Waals surface area (Å²) in [6.45, 7) is 2.45. The fourth-order valence-electron chi connectivity index (χ4n) is 2.49. The first-order valence-electron chi connectivity index (χ1n) is 6.40. The average molecular weight is 226 g/mol. The van der Waals surface area contributed by atoms with E-state index in [-0.39, 0.29) is 11.9 Å². The number of carbonyl (C=O) groups is 1. The second-order valence-electron chi connectivity index (χ2n) is 4.92. The molecule has 92 valence electrons. The number of hydrogen-bond acceptors (Lipinski definition) is 3. The van der Waals surface area contributed by atoms with E-state index in [1.807, 2.05) is 4.90 Å². The molecule has 0 bridgehead atoms. The Labute approximate surface area is 97.1 Å². The van der Waals surface area contributed by atoms with Crippen LogP contribution in [0.2, 0.25) is 0 Å². The third-order valence-corrected chi connectivity index (χ3v) is 3.53. The van der Waals surface area contributed by atoms with Crippen LogP contribution in [0.4, 0.5) is 0 Å². The van der Waals surface area contributed by atoms with Crippen LogP contribution in [0.1, 0.15) is 38.5 Å². The largest absolute Gasteiger partial charge is 0.378 e. The highest BCUT2D eigenvalue weighted by atomic mass is 16.5. The summed E-state index contributed by atoms with van der Waals surface area (Å²) in [5.41, 5.74) is 5.78. The Bertz CT molecular complexity index is 239. The molecule has 2 atom stereocenters. The first kappa shape index (κ1) is 11.9. The lowest BCUT2D eigenvalue weighted by Gasteiger charge is -2.23. The van der Waals surface area contributed by atoms with Crippen LogP contribution in [-0.2, 0) is 9.53 Å². The first-order chi connectivity index (χ1) is 7.75. The van der Waals surface area contributed by atoms with E-state index < -0.39 is 0 Å². The summed E-state index contributed by atoms with van der Waals surface area (Å²) in [6.07, 6.45) is 6.30. The molecule has 2 heterocycles. The summed E-state index contributed by atoms with van der Waals surface area (Å²) in [4.78, 5) is 13.7. The van der Waals surface area contributed by atoms with Crippen molar-refractivity contribution >= 4 is 5.91 Å². The van der Waals surface area contributed by atoms with Crippen LogP contribution in [0.25, 0.3) is 0 Å². The zero-order valence-corrected chi connectivity index (χ0v) is 9.86. The Hall–Kier alpha value is -0.610. The summed E-state index contributed by atoms with van der Waals surface area (Å²) in [7, 11) is 0. The van der Waals surface area contributed by atoms with Gasteiger partial charge in [0.2, 0.25) is 5.91 Å². The quantitative estimate of drug-likeness (QED) is 0.777. The number of ether oxygens (including phenoxy) is 1. The molecule has 2 aliphatic heterocycles. The summed E-state index contributed by atoms with van der Waals surface area (Å²) >= 11 is 0. The van der Waals surface area contributed by atoms with Crippen LogP contribution >= 0.6 is 0 Å². The summed E-state index contributed by atoms with van der Waals surface area (Å²) < 4.78 is 5.62. The third kappa shape index (κ3) is 3.19. The number of nitrogens with two attached hydrogens (primary N) is 1. The van der Waals surface area contributed by atoms with Gasteiger partial charge in [-0.1, -0.05) is 0 Å². The Kier molecular flexibility index (Phi) is 4.18. The third-order valence-electron chi connectivity index (χ3n) is 3.53. The lowest BCUT2D eigenvalue weighted by molar-refractivity contribution is -0.131. The normalized spacial score (nSPS) is 30.7. The molecule has 2 aliphatic rings. The minimum Gasteiger partial charge on any atom is -0.378 e. The fraction of sp³-hybridized carbons (Fsp3) is 0.917. The van der Waals surface area contributed by atoms with Crippen molar-refractivity contribution in [2.45, 2.75) is 50.7 Å². The van der Waals surface area contributed by atoms with Gasteiger partial charge >= 0.3 is 0 Å². The zero-order valence-electron chi connectivity index (χ0n) is 9.86. The highest BCUT2D eigenvalue weighted by Crippen LogP contribution is 2.18. The fourth-order valence-corrected chi connectivity index (χ4v) is 2.49. The van der Waals surface area contributed by atoms with E-state index in [1.165, 1.54) is 12.8 Å². The predicted octanol–water partition coefficient (Wildman–Crippen LogP) is 0.895. The second kappa shape index (κ2) is 5.64. The van der Waals surface area contributed by atoms with Gasteiger partial charge in [-0.2, -0.15) is 0 Å². The Balaban J connectivity index is 1.67. The molecule has 2 saturated heterocycles. The summed E-state index contributed by atoms with van der Waals surface area (Å²) in [5.74, 6) is 0.252. The first-order valence-corrected chi connectivity index (χ1v) is 6.40. The maximum atomic E-state index is 11.8. The van der Waals surface area contributed by atoms with Gasteiger partial charge in [0.1, 0.15) is 0 Å². The number of carbonyl (C=O) groups excluding carboxylic acids is 1. The maximum Gasteiger partial charge on any atom is 0.222 e. The topological polar surface area (TPSA) is 55.6 Å². The molecule has 2 fully saturated rings. The van der Waals surface area contributed by atoms with Crippen molar-refractivity contribution in [1.82, 2.24) is 4.90 Å². The number of nitrogens with zero attached hydrogens (tertiary/aromatic N) is 1. The van der Waals surface area contributed by atoms with Crippen LogP contribution in [0.3, 0.4) is 0 Å². The molecule has 0 spiro atoms. The molecule has 2 N–H and O–H groups in total. The molecule has 0 saturated carbocycles. The maximum absolute atomic E-state index is 11.8. The van der Waals surface area contributed by atoms with Crippen molar-refractivity contribution in [2.24, 2.45) is 5.73 Å². The molecule has 0 aromatic heterocycles. The standard InChI is InChI=1S/C12H22N2O2/c13-10-6-7-14(9-10)12(15)5-4-11-3-1-2-8-16-11/h10-11H,1-9,13H2/t10-,11?/m1/s1. The van der Waals surface area contributed by atoms with Crippen LogP contribution in [-0.4, -0.2) is 42.6 Å². The van der Waals surface area contributed by atoms with Gasteiger partial charge in [0.25, 0.3) is 0 Å².